The van der Waals surface area contributed by atoms with Gasteiger partial charge < -0.3 is 5.32 Å². The first kappa shape index (κ1) is 13.2. The third-order valence-electron chi connectivity index (χ3n) is 2.76. The molecule has 0 fully saturated rings. The minimum atomic E-state index is 0.516. The Morgan fingerprint density at radius 2 is 2.12 bits per heavy atom. The van der Waals surface area contributed by atoms with E-state index in [1.807, 2.05) is 6.20 Å². The Labute approximate surface area is 99.5 Å². The molecule has 90 valence electrons. The zero-order valence-corrected chi connectivity index (χ0v) is 11.0. The zero-order chi connectivity index (χ0) is 12.0. The molecule has 0 aliphatic rings. The molecule has 0 radical (unpaired) electrons. The third kappa shape index (κ3) is 3.93. The van der Waals surface area contributed by atoms with Crippen LogP contribution in [0.1, 0.15) is 56.4 Å². The van der Waals surface area contributed by atoms with Crippen molar-refractivity contribution in [3.63, 3.8) is 0 Å². The van der Waals surface area contributed by atoms with Gasteiger partial charge in [0.15, 0.2) is 0 Å². The molecule has 0 aliphatic carbocycles. The number of nitrogens with one attached hydrogen (secondary N) is 1. The summed E-state index contributed by atoms with van der Waals surface area (Å²) in [5, 5.41) is 3.44. The molecule has 0 aromatic carbocycles. The van der Waals surface area contributed by atoms with Crippen LogP contribution in [0, 0.1) is 6.92 Å². The number of aryl methyl sites for hydroxylation is 1. The van der Waals surface area contributed by atoms with Crippen molar-refractivity contribution in [2.24, 2.45) is 0 Å². The molecule has 2 nitrogen and oxygen atoms in total. The monoisotopic (exact) mass is 220 g/mol. The normalized spacial score (nSPS) is 11.1. The van der Waals surface area contributed by atoms with E-state index in [0.29, 0.717) is 5.92 Å². The summed E-state index contributed by atoms with van der Waals surface area (Å²) in [6.07, 6.45) is 4.49. The molecule has 0 atom stereocenters. The third-order valence-corrected chi connectivity index (χ3v) is 2.76. The molecule has 1 aromatic heterocycles. The van der Waals surface area contributed by atoms with E-state index in [1.54, 1.807) is 0 Å². The Balaban J connectivity index is 2.53. The van der Waals surface area contributed by atoms with E-state index >= 15 is 0 Å². The molecule has 16 heavy (non-hydrogen) atoms. The summed E-state index contributed by atoms with van der Waals surface area (Å²) >= 11 is 0. The van der Waals surface area contributed by atoms with E-state index in [4.69, 9.17) is 0 Å². The average molecular weight is 220 g/mol. The van der Waals surface area contributed by atoms with Crippen molar-refractivity contribution >= 4 is 0 Å². The second-order valence-electron chi connectivity index (χ2n) is 4.73. The molecular formula is C14H24N2. The number of pyridine rings is 1. The van der Waals surface area contributed by atoms with Crippen molar-refractivity contribution in [1.29, 1.82) is 0 Å². The lowest BCUT2D eigenvalue weighted by Gasteiger charge is -2.10. The molecule has 1 heterocycles. The van der Waals surface area contributed by atoms with Crippen LogP contribution >= 0.6 is 0 Å². The molecule has 2 heteroatoms. The summed E-state index contributed by atoms with van der Waals surface area (Å²) in [7, 11) is 0. The van der Waals surface area contributed by atoms with Gasteiger partial charge in [-0.1, -0.05) is 33.3 Å². The molecule has 1 N–H and O–H groups in total. The van der Waals surface area contributed by atoms with Gasteiger partial charge in [0.2, 0.25) is 0 Å². The molecule has 0 unspecified atom stereocenters. The summed E-state index contributed by atoms with van der Waals surface area (Å²) in [6, 6.07) is 2.25. The number of hydrogen-bond donors (Lipinski definition) is 1. The molecule has 1 rings (SSSR count). The number of aromatic nitrogens is 1. The van der Waals surface area contributed by atoms with Crippen molar-refractivity contribution in [3.05, 3.63) is 29.1 Å². The first-order valence-corrected chi connectivity index (χ1v) is 6.31. The molecule has 0 amide bonds. The van der Waals surface area contributed by atoms with Gasteiger partial charge in [0.1, 0.15) is 0 Å². The molecule has 0 aliphatic heterocycles. The van der Waals surface area contributed by atoms with Gasteiger partial charge in [-0.15, -0.1) is 0 Å². The molecule has 0 bridgehead atoms. The molecule has 0 spiro atoms. The quantitative estimate of drug-likeness (QED) is 0.743. The van der Waals surface area contributed by atoms with Crippen LogP contribution in [0.4, 0.5) is 0 Å². The van der Waals surface area contributed by atoms with Crippen LogP contribution in [0.15, 0.2) is 12.3 Å². The van der Waals surface area contributed by atoms with E-state index in [-0.39, 0.29) is 0 Å². The summed E-state index contributed by atoms with van der Waals surface area (Å²) in [4.78, 5) is 4.54. The lowest BCUT2D eigenvalue weighted by atomic mass is 10.0. The fraction of sp³-hybridized carbons (Fsp3) is 0.643. The van der Waals surface area contributed by atoms with Gasteiger partial charge in [0, 0.05) is 18.4 Å². The van der Waals surface area contributed by atoms with Crippen molar-refractivity contribution in [2.45, 2.75) is 53.0 Å². The maximum Gasteiger partial charge on any atom is 0.0458 e. The van der Waals surface area contributed by atoms with E-state index < -0.39 is 0 Å². The van der Waals surface area contributed by atoms with E-state index in [0.717, 1.165) is 13.1 Å². The van der Waals surface area contributed by atoms with Crippen molar-refractivity contribution in [1.82, 2.24) is 10.3 Å². The van der Waals surface area contributed by atoms with Crippen LogP contribution in [0.2, 0.25) is 0 Å². The van der Waals surface area contributed by atoms with Crippen molar-refractivity contribution in [3.8, 4) is 0 Å². The highest BCUT2D eigenvalue weighted by atomic mass is 14.8. The van der Waals surface area contributed by atoms with Gasteiger partial charge in [-0.25, -0.2) is 0 Å². The second-order valence-corrected chi connectivity index (χ2v) is 4.73. The molecule has 0 saturated carbocycles. The maximum atomic E-state index is 4.54. The number of hydrogen-bond acceptors (Lipinski definition) is 2. The minimum absolute atomic E-state index is 0.516. The van der Waals surface area contributed by atoms with Crippen LogP contribution < -0.4 is 5.32 Å². The lowest BCUT2D eigenvalue weighted by Crippen LogP contribution is -2.15. The topological polar surface area (TPSA) is 24.9 Å². The first-order valence-electron chi connectivity index (χ1n) is 6.31. The summed E-state index contributed by atoms with van der Waals surface area (Å²) in [5.41, 5.74) is 3.82. The smallest absolute Gasteiger partial charge is 0.0458 e. The fourth-order valence-electron chi connectivity index (χ4n) is 1.88. The van der Waals surface area contributed by atoms with E-state index in [9.17, 15) is 0 Å². The van der Waals surface area contributed by atoms with Crippen LogP contribution in [-0.4, -0.2) is 11.5 Å². The zero-order valence-electron chi connectivity index (χ0n) is 11.0. The first-order chi connectivity index (χ1) is 7.65. The van der Waals surface area contributed by atoms with Gasteiger partial charge in [-0.05, 0) is 36.9 Å². The van der Waals surface area contributed by atoms with E-state index in [1.165, 1.54) is 29.7 Å². The number of rotatable bonds is 6. The van der Waals surface area contributed by atoms with Crippen molar-refractivity contribution < 1.29 is 0 Å². The Hall–Kier alpha value is -0.890. The Morgan fingerprint density at radius 1 is 1.38 bits per heavy atom. The van der Waals surface area contributed by atoms with Crippen LogP contribution in [0.25, 0.3) is 0 Å². The largest absolute Gasteiger partial charge is 0.313 e. The highest BCUT2D eigenvalue weighted by molar-refractivity contribution is 5.25. The van der Waals surface area contributed by atoms with Crippen LogP contribution in [0.3, 0.4) is 0 Å². The standard InChI is InChI=1S/C14H24N2/c1-5-6-7-15-9-13-8-12(4)14(11(2)3)16-10-13/h8,10-11,15H,5-7,9H2,1-4H3. The molecule has 0 saturated heterocycles. The highest BCUT2D eigenvalue weighted by Gasteiger charge is 2.05. The Bertz CT molecular complexity index is 319. The average Bonchev–Trinajstić information content (AvgIpc) is 2.24. The summed E-state index contributed by atoms with van der Waals surface area (Å²) in [6.45, 7) is 10.8. The van der Waals surface area contributed by atoms with Crippen LogP contribution in [-0.2, 0) is 6.54 Å². The predicted molar refractivity (Wildman–Crippen MR) is 69.7 cm³/mol. The molecule has 1 aromatic rings. The van der Waals surface area contributed by atoms with Gasteiger partial charge in [-0.3, -0.25) is 4.98 Å². The number of nitrogens with zero attached hydrogens (tertiary/aromatic N) is 1. The van der Waals surface area contributed by atoms with Crippen LogP contribution in [0.5, 0.6) is 0 Å². The van der Waals surface area contributed by atoms with Gasteiger partial charge in [-0.2, -0.15) is 0 Å². The van der Waals surface area contributed by atoms with Gasteiger partial charge >= 0.3 is 0 Å². The van der Waals surface area contributed by atoms with Gasteiger partial charge in [0.05, 0.1) is 0 Å². The Morgan fingerprint density at radius 3 is 2.69 bits per heavy atom. The fourth-order valence-corrected chi connectivity index (χ4v) is 1.88. The van der Waals surface area contributed by atoms with Crippen molar-refractivity contribution in [2.75, 3.05) is 6.54 Å². The van der Waals surface area contributed by atoms with E-state index in [2.05, 4.69) is 44.1 Å². The minimum Gasteiger partial charge on any atom is -0.313 e. The summed E-state index contributed by atoms with van der Waals surface area (Å²) < 4.78 is 0. The Kier molecular flexibility index (Phi) is 5.47. The number of unbranched alkanes of at least 4 members (excludes halogenated alkanes) is 1. The second kappa shape index (κ2) is 6.64. The maximum absolute atomic E-state index is 4.54. The SMILES string of the molecule is CCCCNCc1cnc(C(C)C)c(C)c1. The predicted octanol–water partition coefficient (Wildman–Crippen LogP) is 3.40. The summed E-state index contributed by atoms with van der Waals surface area (Å²) in [5.74, 6) is 0.516. The lowest BCUT2D eigenvalue weighted by molar-refractivity contribution is 0.639. The molecular weight excluding hydrogens is 196 g/mol. The van der Waals surface area contributed by atoms with Gasteiger partial charge in [0.25, 0.3) is 0 Å². The highest BCUT2D eigenvalue weighted by Crippen LogP contribution is 2.16.